The van der Waals surface area contributed by atoms with Crippen molar-refractivity contribution in [1.82, 2.24) is 19.9 Å². The van der Waals surface area contributed by atoms with Crippen LogP contribution in [-0.2, 0) is 24.8 Å². The van der Waals surface area contributed by atoms with Gasteiger partial charge in [0.25, 0.3) is 0 Å². The number of para-hydroxylation sites is 3. The minimum atomic E-state index is -0.0228. The highest BCUT2D eigenvalue weighted by Crippen LogP contribution is 2.23. The highest BCUT2D eigenvalue weighted by Gasteiger charge is 2.14. The Hall–Kier alpha value is -3.21. The lowest BCUT2D eigenvalue weighted by Crippen LogP contribution is -2.26. The zero-order valence-electron chi connectivity index (χ0n) is 15.8. The molecule has 0 fully saturated rings. The van der Waals surface area contributed by atoms with Gasteiger partial charge in [-0.3, -0.25) is 9.78 Å². The van der Waals surface area contributed by atoms with E-state index in [0.717, 1.165) is 44.6 Å². The van der Waals surface area contributed by atoms with Crippen LogP contribution in [0.4, 0.5) is 0 Å². The highest BCUT2D eigenvalue weighted by atomic mass is 16.1. The van der Waals surface area contributed by atoms with Crippen LogP contribution in [-0.4, -0.2) is 20.4 Å². The molecule has 2 heterocycles. The van der Waals surface area contributed by atoms with Crippen LogP contribution in [0.25, 0.3) is 21.9 Å². The fraction of sp³-hybridized carbons (Fsp3) is 0.227. The molecule has 2 aromatic heterocycles. The molecule has 0 unspecified atom stereocenters. The summed E-state index contributed by atoms with van der Waals surface area (Å²) in [7, 11) is 1.97. The molecule has 0 spiro atoms. The van der Waals surface area contributed by atoms with Crippen LogP contribution in [0.1, 0.15) is 22.6 Å². The number of benzene rings is 2. The van der Waals surface area contributed by atoms with E-state index in [-0.39, 0.29) is 5.91 Å². The number of amides is 1. The smallest absolute Gasteiger partial charge is 0.224 e. The van der Waals surface area contributed by atoms with E-state index in [4.69, 9.17) is 0 Å². The summed E-state index contributed by atoms with van der Waals surface area (Å²) in [5.41, 5.74) is 5.99. The molecule has 0 radical (unpaired) electrons. The Labute approximate surface area is 158 Å². The van der Waals surface area contributed by atoms with Crippen LogP contribution in [0.2, 0.25) is 0 Å². The Morgan fingerprint density at radius 2 is 1.70 bits per heavy atom. The van der Waals surface area contributed by atoms with Crippen LogP contribution in [0, 0.1) is 13.8 Å². The van der Waals surface area contributed by atoms with Gasteiger partial charge in [0, 0.05) is 18.1 Å². The minimum Gasteiger partial charge on any atom is -0.349 e. The van der Waals surface area contributed by atoms with Crippen molar-refractivity contribution in [3.05, 3.63) is 71.2 Å². The van der Waals surface area contributed by atoms with Gasteiger partial charge in [-0.15, -0.1) is 0 Å². The number of rotatable bonds is 4. The third-order valence-electron chi connectivity index (χ3n) is 5.15. The molecule has 0 saturated heterocycles. The predicted molar refractivity (Wildman–Crippen MR) is 107 cm³/mol. The summed E-state index contributed by atoms with van der Waals surface area (Å²) >= 11 is 0. The second-order valence-corrected chi connectivity index (χ2v) is 6.85. The largest absolute Gasteiger partial charge is 0.349 e. The van der Waals surface area contributed by atoms with E-state index in [0.29, 0.717) is 13.0 Å². The van der Waals surface area contributed by atoms with Crippen molar-refractivity contribution in [3.8, 4) is 0 Å². The normalized spacial score (nSPS) is 11.2. The number of nitrogens with one attached hydrogen (secondary N) is 1. The Morgan fingerprint density at radius 3 is 2.48 bits per heavy atom. The maximum Gasteiger partial charge on any atom is 0.224 e. The molecule has 1 amide bonds. The van der Waals surface area contributed by atoms with Gasteiger partial charge in [-0.05, 0) is 43.2 Å². The monoisotopic (exact) mass is 358 g/mol. The second kappa shape index (κ2) is 6.83. The van der Waals surface area contributed by atoms with Crippen molar-refractivity contribution >= 4 is 27.8 Å². The molecular weight excluding hydrogens is 336 g/mol. The quantitative estimate of drug-likeness (QED) is 0.606. The number of hydrogen-bond donors (Lipinski definition) is 1. The third-order valence-corrected chi connectivity index (χ3v) is 5.15. The molecule has 0 saturated carbocycles. The van der Waals surface area contributed by atoms with E-state index in [1.165, 1.54) is 0 Å². The van der Waals surface area contributed by atoms with E-state index in [9.17, 15) is 4.79 Å². The Kier molecular flexibility index (Phi) is 4.36. The van der Waals surface area contributed by atoms with Gasteiger partial charge in [0.05, 0.1) is 29.5 Å². The molecule has 5 nitrogen and oxygen atoms in total. The summed E-state index contributed by atoms with van der Waals surface area (Å²) in [5.74, 6) is 0.819. The van der Waals surface area contributed by atoms with Crippen LogP contribution >= 0.6 is 0 Å². The van der Waals surface area contributed by atoms with E-state index in [1.54, 1.807) is 0 Å². The Bertz CT molecular complexity index is 1160. The van der Waals surface area contributed by atoms with E-state index in [1.807, 2.05) is 61.0 Å². The Morgan fingerprint density at radius 1 is 1.00 bits per heavy atom. The molecule has 4 rings (SSSR count). The maximum absolute atomic E-state index is 12.6. The molecule has 5 heteroatoms. The average molecular weight is 358 g/mol. The van der Waals surface area contributed by atoms with Crippen molar-refractivity contribution < 1.29 is 4.79 Å². The van der Waals surface area contributed by atoms with Gasteiger partial charge in [-0.2, -0.15) is 0 Å². The number of imidazole rings is 1. The molecule has 0 aliphatic heterocycles. The van der Waals surface area contributed by atoms with Gasteiger partial charge in [0.2, 0.25) is 5.91 Å². The summed E-state index contributed by atoms with van der Waals surface area (Å²) in [5, 5.41) is 4.10. The van der Waals surface area contributed by atoms with Gasteiger partial charge >= 0.3 is 0 Å². The van der Waals surface area contributed by atoms with Crippen LogP contribution in [0.3, 0.4) is 0 Å². The maximum atomic E-state index is 12.6. The van der Waals surface area contributed by atoms with E-state index in [2.05, 4.69) is 28.3 Å². The van der Waals surface area contributed by atoms with Gasteiger partial charge in [-0.25, -0.2) is 4.98 Å². The molecular formula is C22H22N4O. The van der Waals surface area contributed by atoms with Gasteiger partial charge < -0.3 is 9.88 Å². The lowest BCUT2D eigenvalue weighted by molar-refractivity contribution is -0.120. The molecule has 0 aliphatic rings. The number of hydrogen-bond acceptors (Lipinski definition) is 3. The summed E-state index contributed by atoms with van der Waals surface area (Å²) in [6, 6.07) is 16.0. The first-order valence-corrected chi connectivity index (χ1v) is 9.06. The number of carbonyl (C=O) groups is 1. The van der Waals surface area contributed by atoms with Crippen LogP contribution < -0.4 is 5.32 Å². The summed E-state index contributed by atoms with van der Waals surface area (Å²) < 4.78 is 2.02. The van der Waals surface area contributed by atoms with Gasteiger partial charge in [-0.1, -0.05) is 30.3 Å². The van der Waals surface area contributed by atoms with Gasteiger partial charge in [0.15, 0.2) is 0 Å². The summed E-state index contributed by atoms with van der Waals surface area (Å²) in [6.07, 6.45) is 0.319. The van der Waals surface area contributed by atoms with Crippen LogP contribution in [0.5, 0.6) is 0 Å². The second-order valence-electron chi connectivity index (χ2n) is 6.85. The lowest BCUT2D eigenvalue weighted by Gasteiger charge is -2.12. The van der Waals surface area contributed by atoms with Crippen molar-refractivity contribution in [1.29, 1.82) is 0 Å². The first-order valence-electron chi connectivity index (χ1n) is 9.06. The molecule has 0 aliphatic carbocycles. The summed E-state index contributed by atoms with van der Waals surface area (Å²) in [4.78, 5) is 21.8. The van der Waals surface area contributed by atoms with Gasteiger partial charge in [0.1, 0.15) is 5.82 Å². The number of pyridine rings is 1. The fourth-order valence-electron chi connectivity index (χ4n) is 3.59. The first-order chi connectivity index (χ1) is 13.0. The number of aromatic nitrogens is 3. The molecule has 136 valence electrons. The number of nitrogens with zero attached hydrogens (tertiary/aromatic N) is 3. The number of carbonyl (C=O) groups excluding carboxylic acids is 1. The lowest BCUT2D eigenvalue weighted by atomic mass is 9.99. The Balaban J connectivity index is 1.53. The summed E-state index contributed by atoms with van der Waals surface area (Å²) in [6.45, 7) is 4.43. The SMILES string of the molecule is Cc1nc2ccccc2c(C)c1CC(=O)NCc1nc2ccccc2n1C. The van der Waals surface area contributed by atoms with Crippen molar-refractivity contribution in [3.63, 3.8) is 0 Å². The third kappa shape index (κ3) is 3.16. The highest BCUT2D eigenvalue weighted by molar-refractivity contribution is 5.86. The van der Waals surface area contributed by atoms with Crippen molar-refractivity contribution in [2.75, 3.05) is 0 Å². The van der Waals surface area contributed by atoms with Crippen molar-refractivity contribution in [2.45, 2.75) is 26.8 Å². The molecule has 4 aromatic rings. The average Bonchev–Trinajstić information content (AvgIpc) is 2.99. The topological polar surface area (TPSA) is 59.8 Å². The fourth-order valence-corrected chi connectivity index (χ4v) is 3.59. The molecule has 0 atom stereocenters. The zero-order chi connectivity index (χ0) is 19.0. The first kappa shape index (κ1) is 17.2. The predicted octanol–water partition coefficient (Wildman–Crippen LogP) is 3.60. The van der Waals surface area contributed by atoms with Crippen molar-refractivity contribution in [2.24, 2.45) is 7.05 Å². The zero-order valence-corrected chi connectivity index (χ0v) is 15.8. The molecule has 1 N–H and O–H groups in total. The van der Waals surface area contributed by atoms with E-state index >= 15 is 0 Å². The number of aryl methyl sites for hydroxylation is 3. The minimum absolute atomic E-state index is 0.0228. The van der Waals surface area contributed by atoms with E-state index < -0.39 is 0 Å². The molecule has 27 heavy (non-hydrogen) atoms. The standard InChI is InChI=1S/C22H22N4O/c1-14-16-8-4-5-9-18(16)24-15(2)17(14)12-22(27)23-13-21-25-19-10-6-7-11-20(19)26(21)3/h4-11H,12-13H2,1-3H3,(H,23,27). The molecule has 0 bridgehead atoms. The number of fused-ring (bicyclic) bond motifs is 2. The molecule has 2 aromatic carbocycles. The van der Waals surface area contributed by atoms with Crippen LogP contribution in [0.15, 0.2) is 48.5 Å².